The van der Waals surface area contributed by atoms with E-state index in [0.717, 1.165) is 32.6 Å². The number of halogens is 1. The molecular weight excluding hydrogens is 399 g/mol. The Labute approximate surface area is 142 Å². The number of hydrogen-bond donors (Lipinski definition) is 1. The van der Waals surface area contributed by atoms with Crippen molar-refractivity contribution in [3.8, 4) is 0 Å². The van der Waals surface area contributed by atoms with E-state index in [9.17, 15) is 4.79 Å². The molecule has 0 unspecified atom stereocenters. The first-order valence-electron chi connectivity index (χ1n) is 6.88. The fraction of sp³-hybridized carbons (Fsp3) is 0.467. The molecule has 0 bridgehead atoms. The van der Waals surface area contributed by atoms with Gasteiger partial charge in [0.25, 0.3) is 0 Å². The van der Waals surface area contributed by atoms with Crippen LogP contribution >= 0.6 is 34.4 Å². The fourth-order valence-electron chi connectivity index (χ4n) is 2.56. The summed E-state index contributed by atoms with van der Waals surface area (Å²) >= 11 is 3.56. The lowest BCUT2D eigenvalue weighted by atomic mass is 9.98. The second-order valence-electron chi connectivity index (χ2n) is 5.61. The van der Waals surface area contributed by atoms with Crippen molar-refractivity contribution >= 4 is 51.4 Å². The molecule has 1 N–H and O–H groups in total. The Morgan fingerprint density at radius 3 is 2.81 bits per heavy atom. The number of carboxylic acids is 1. The van der Waals surface area contributed by atoms with E-state index in [1.165, 1.54) is 11.8 Å². The standard InChI is InChI=1S/C15H19IN2O2S/c1-4-7-15(2,3)18-12-6-5-10(16)8-11(12)17-14(18)21-9-13(19)20/h5-6,8H,4,7,9H2,1-3H3,(H,19,20). The molecule has 2 aromatic rings. The van der Waals surface area contributed by atoms with Crippen LogP contribution in [0.3, 0.4) is 0 Å². The summed E-state index contributed by atoms with van der Waals surface area (Å²) in [4.78, 5) is 15.5. The third-order valence-electron chi connectivity index (χ3n) is 3.38. The van der Waals surface area contributed by atoms with Crippen molar-refractivity contribution in [2.24, 2.45) is 0 Å². The van der Waals surface area contributed by atoms with Gasteiger partial charge in [-0.3, -0.25) is 4.79 Å². The maximum absolute atomic E-state index is 10.9. The van der Waals surface area contributed by atoms with E-state index in [-0.39, 0.29) is 11.3 Å². The van der Waals surface area contributed by atoms with E-state index in [4.69, 9.17) is 5.11 Å². The largest absolute Gasteiger partial charge is 0.481 e. The van der Waals surface area contributed by atoms with Crippen LogP contribution < -0.4 is 0 Å². The lowest BCUT2D eigenvalue weighted by Crippen LogP contribution is -2.26. The molecule has 6 heteroatoms. The van der Waals surface area contributed by atoms with Crippen LogP contribution in [0.15, 0.2) is 23.4 Å². The molecule has 114 valence electrons. The number of hydrogen-bond acceptors (Lipinski definition) is 3. The van der Waals surface area contributed by atoms with E-state index < -0.39 is 5.97 Å². The molecule has 0 atom stereocenters. The Bertz CT molecular complexity index is 667. The van der Waals surface area contributed by atoms with Gasteiger partial charge in [-0.1, -0.05) is 25.1 Å². The van der Waals surface area contributed by atoms with Gasteiger partial charge in [0.15, 0.2) is 5.16 Å². The van der Waals surface area contributed by atoms with Crippen molar-refractivity contribution < 1.29 is 9.90 Å². The van der Waals surface area contributed by atoms with Gasteiger partial charge in [-0.05, 0) is 61.1 Å². The molecule has 4 nitrogen and oxygen atoms in total. The van der Waals surface area contributed by atoms with E-state index in [2.05, 4.69) is 65.0 Å². The van der Waals surface area contributed by atoms with Crippen molar-refractivity contribution in [2.75, 3.05) is 5.75 Å². The lowest BCUT2D eigenvalue weighted by Gasteiger charge is -2.28. The Morgan fingerprint density at radius 2 is 2.19 bits per heavy atom. The molecule has 0 aliphatic carbocycles. The van der Waals surface area contributed by atoms with Gasteiger partial charge in [0.05, 0.1) is 16.8 Å². The van der Waals surface area contributed by atoms with Crippen molar-refractivity contribution in [1.29, 1.82) is 0 Å². The highest BCUT2D eigenvalue weighted by molar-refractivity contribution is 14.1. The molecule has 1 heterocycles. The van der Waals surface area contributed by atoms with Crippen LogP contribution in [-0.4, -0.2) is 26.4 Å². The highest BCUT2D eigenvalue weighted by Gasteiger charge is 2.26. The molecule has 2 rings (SSSR count). The Morgan fingerprint density at radius 1 is 1.48 bits per heavy atom. The zero-order chi connectivity index (χ0) is 15.6. The SMILES string of the molecule is CCCC(C)(C)n1c(SCC(=O)O)nc2cc(I)ccc21. The molecule has 1 aromatic heterocycles. The number of aliphatic carboxylic acids is 1. The van der Waals surface area contributed by atoms with E-state index >= 15 is 0 Å². The summed E-state index contributed by atoms with van der Waals surface area (Å²) in [5.41, 5.74) is 1.91. The summed E-state index contributed by atoms with van der Waals surface area (Å²) in [6, 6.07) is 6.18. The molecule has 0 radical (unpaired) electrons. The van der Waals surface area contributed by atoms with Crippen LogP contribution in [0.4, 0.5) is 0 Å². The van der Waals surface area contributed by atoms with Gasteiger partial charge in [0.1, 0.15) is 0 Å². The summed E-state index contributed by atoms with van der Waals surface area (Å²) in [7, 11) is 0. The predicted octanol–water partition coefficient (Wildman–Crippen LogP) is 4.35. The van der Waals surface area contributed by atoms with E-state index in [0.29, 0.717) is 0 Å². The van der Waals surface area contributed by atoms with Gasteiger partial charge < -0.3 is 9.67 Å². The maximum atomic E-state index is 10.9. The Hall–Kier alpha value is -0.760. The first kappa shape index (κ1) is 16.6. The number of imidazole rings is 1. The number of carboxylic acid groups (broad SMARTS) is 1. The quantitative estimate of drug-likeness (QED) is 0.560. The number of carbonyl (C=O) groups is 1. The third kappa shape index (κ3) is 3.71. The molecule has 21 heavy (non-hydrogen) atoms. The number of rotatable bonds is 6. The molecule has 0 spiro atoms. The van der Waals surface area contributed by atoms with Crippen LogP contribution in [0.2, 0.25) is 0 Å². The number of nitrogens with zero attached hydrogens (tertiary/aromatic N) is 2. The second-order valence-corrected chi connectivity index (χ2v) is 7.80. The number of thioether (sulfide) groups is 1. The third-order valence-corrected chi connectivity index (χ3v) is 4.97. The van der Waals surface area contributed by atoms with Crippen molar-refractivity contribution in [3.05, 3.63) is 21.8 Å². The Balaban J connectivity index is 2.56. The molecule has 0 amide bonds. The maximum Gasteiger partial charge on any atom is 0.313 e. The van der Waals surface area contributed by atoms with Gasteiger partial charge >= 0.3 is 5.97 Å². The molecule has 0 saturated heterocycles. The predicted molar refractivity (Wildman–Crippen MR) is 95.0 cm³/mol. The summed E-state index contributed by atoms with van der Waals surface area (Å²) in [5, 5.41) is 9.72. The van der Waals surface area contributed by atoms with E-state index in [1.807, 2.05) is 6.07 Å². The van der Waals surface area contributed by atoms with Crippen LogP contribution in [0.1, 0.15) is 33.6 Å². The zero-order valence-electron chi connectivity index (χ0n) is 12.4. The average Bonchev–Trinajstić information content (AvgIpc) is 2.74. The molecular formula is C15H19IN2O2S. The summed E-state index contributed by atoms with van der Waals surface area (Å²) in [6.45, 7) is 6.52. The molecule has 0 aliphatic heterocycles. The minimum absolute atomic E-state index is 0.0304. The smallest absolute Gasteiger partial charge is 0.313 e. The molecule has 0 aliphatic rings. The minimum Gasteiger partial charge on any atom is -0.481 e. The average molecular weight is 418 g/mol. The normalized spacial score (nSPS) is 12.0. The van der Waals surface area contributed by atoms with Gasteiger partial charge in [-0.2, -0.15) is 0 Å². The van der Waals surface area contributed by atoms with Gasteiger partial charge in [-0.15, -0.1) is 0 Å². The van der Waals surface area contributed by atoms with Gasteiger partial charge in [0, 0.05) is 9.11 Å². The fourth-order valence-corrected chi connectivity index (χ4v) is 3.93. The number of benzene rings is 1. The number of aromatic nitrogens is 2. The summed E-state index contributed by atoms with van der Waals surface area (Å²) in [6.07, 6.45) is 2.09. The number of fused-ring (bicyclic) bond motifs is 1. The Kier molecular flexibility index (Phi) is 5.19. The van der Waals surface area contributed by atoms with Crippen molar-refractivity contribution in [1.82, 2.24) is 9.55 Å². The van der Waals surface area contributed by atoms with Crippen LogP contribution in [0, 0.1) is 3.57 Å². The first-order valence-corrected chi connectivity index (χ1v) is 8.94. The van der Waals surface area contributed by atoms with Gasteiger partial charge in [-0.25, -0.2) is 4.98 Å². The zero-order valence-corrected chi connectivity index (χ0v) is 15.4. The van der Waals surface area contributed by atoms with E-state index in [1.54, 1.807) is 0 Å². The topological polar surface area (TPSA) is 55.1 Å². The van der Waals surface area contributed by atoms with Crippen LogP contribution in [-0.2, 0) is 10.3 Å². The molecule has 0 saturated carbocycles. The van der Waals surface area contributed by atoms with Crippen LogP contribution in [0.25, 0.3) is 11.0 Å². The lowest BCUT2D eigenvalue weighted by molar-refractivity contribution is -0.133. The van der Waals surface area contributed by atoms with Crippen LogP contribution in [0.5, 0.6) is 0 Å². The van der Waals surface area contributed by atoms with Gasteiger partial charge in [0.2, 0.25) is 0 Å². The minimum atomic E-state index is -0.818. The van der Waals surface area contributed by atoms with Crippen molar-refractivity contribution in [2.45, 2.75) is 44.3 Å². The highest BCUT2D eigenvalue weighted by Crippen LogP contribution is 2.33. The summed E-state index contributed by atoms with van der Waals surface area (Å²) in [5.74, 6) is -0.788. The monoisotopic (exact) mass is 418 g/mol. The second kappa shape index (κ2) is 6.56. The first-order chi connectivity index (χ1) is 9.85. The highest BCUT2D eigenvalue weighted by atomic mass is 127. The summed E-state index contributed by atoms with van der Waals surface area (Å²) < 4.78 is 3.32. The van der Waals surface area contributed by atoms with Crippen molar-refractivity contribution in [3.63, 3.8) is 0 Å². The molecule has 1 aromatic carbocycles. The molecule has 0 fully saturated rings.